The molecule has 0 saturated heterocycles. The van der Waals surface area contributed by atoms with Gasteiger partial charge in [0.05, 0.1) is 12.7 Å². The smallest absolute Gasteiger partial charge is 0.364 e. The van der Waals surface area contributed by atoms with E-state index in [-0.39, 0.29) is 5.88 Å². The summed E-state index contributed by atoms with van der Waals surface area (Å²) in [6, 6.07) is 9.55. The number of carbonyl (C=O) groups is 1. The first-order valence-electron chi connectivity index (χ1n) is 5.98. The molecule has 1 N–H and O–H groups in total. The maximum Gasteiger partial charge on any atom is 0.364 e. The molecule has 0 atom stereocenters. The monoisotopic (exact) mass is 286 g/mol. The van der Waals surface area contributed by atoms with Crippen molar-refractivity contribution < 1.29 is 14.3 Å². The number of H-pyrrole nitrogens is 1. The highest BCUT2D eigenvalue weighted by atomic mass is 16.5. The van der Waals surface area contributed by atoms with E-state index in [2.05, 4.69) is 20.0 Å². The molecule has 3 aromatic rings. The number of aromatic nitrogens is 4. The van der Waals surface area contributed by atoms with Gasteiger partial charge in [0.2, 0.25) is 5.88 Å². The van der Waals surface area contributed by atoms with Crippen LogP contribution in [-0.2, 0) is 4.74 Å². The Morgan fingerprint density at radius 1 is 1.19 bits per heavy atom. The van der Waals surface area contributed by atoms with Gasteiger partial charge in [-0.15, -0.1) is 5.10 Å². The van der Waals surface area contributed by atoms with Gasteiger partial charge in [0.1, 0.15) is 5.75 Å². The third kappa shape index (κ3) is 2.46. The highest BCUT2D eigenvalue weighted by Gasteiger charge is 2.07. The summed E-state index contributed by atoms with van der Waals surface area (Å²) in [5.41, 5.74) is 0.365. The Hall–Kier alpha value is -3.16. The fourth-order valence-corrected chi connectivity index (χ4v) is 1.74. The summed E-state index contributed by atoms with van der Waals surface area (Å²) in [5, 5.41) is 10.0. The molecule has 2 heterocycles. The Bertz CT molecular complexity index is 850. The van der Waals surface area contributed by atoms with Crippen LogP contribution in [0.5, 0.6) is 11.6 Å². The number of nitrogens with one attached hydrogen (secondary N) is 1. The molecular weight excluding hydrogens is 276 g/mol. The molecule has 2 aromatic heterocycles. The summed E-state index contributed by atoms with van der Waals surface area (Å²) in [7, 11) is 1.31. The van der Waals surface area contributed by atoms with Crippen LogP contribution >= 0.6 is 0 Å². The third-order valence-electron chi connectivity index (χ3n) is 2.75. The lowest BCUT2D eigenvalue weighted by Gasteiger charge is -2.05. The number of ether oxygens (including phenoxy) is 2. The zero-order chi connectivity index (χ0) is 14.8. The highest BCUT2D eigenvalue weighted by Crippen LogP contribution is 2.19. The van der Waals surface area contributed by atoms with Gasteiger partial charge in [-0.05, 0) is 30.3 Å². The van der Waals surface area contributed by atoms with Crippen LogP contribution in [0.2, 0.25) is 0 Å². The maximum atomic E-state index is 11.4. The molecule has 0 spiro atoms. The van der Waals surface area contributed by atoms with Crippen LogP contribution in [0.15, 0.2) is 41.2 Å². The quantitative estimate of drug-likeness (QED) is 0.721. The minimum Gasteiger partial charge on any atom is -0.465 e. The minimum atomic E-state index is -0.448. The maximum absolute atomic E-state index is 11.4. The largest absolute Gasteiger partial charge is 0.465 e. The van der Waals surface area contributed by atoms with Gasteiger partial charge in [0.25, 0.3) is 0 Å². The molecule has 1 aromatic carbocycles. The van der Waals surface area contributed by atoms with Crippen LogP contribution in [0.1, 0.15) is 10.4 Å². The lowest BCUT2D eigenvalue weighted by Crippen LogP contribution is -2.12. The SMILES string of the molecule is COC(=O)c1ccc(Oc2ccc3n[nH]c(=O)n3n2)cc1. The predicted octanol–water partition coefficient (Wildman–Crippen LogP) is 0.996. The second-order valence-electron chi connectivity index (χ2n) is 4.09. The standard InChI is InChI=1S/C13H10N4O4/c1-20-12(18)8-2-4-9(5-3-8)21-11-7-6-10-14-15-13(19)17(10)16-11/h2-7H,1H3,(H,15,19). The number of fused-ring (bicyclic) bond motifs is 1. The van der Waals surface area contributed by atoms with Gasteiger partial charge in [-0.1, -0.05) is 0 Å². The first-order chi connectivity index (χ1) is 10.2. The topological polar surface area (TPSA) is 98.6 Å². The zero-order valence-electron chi connectivity index (χ0n) is 10.9. The lowest BCUT2D eigenvalue weighted by atomic mass is 10.2. The fraction of sp³-hybridized carbons (Fsp3) is 0.0769. The number of methoxy groups -OCH3 is 1. The number of hydrogen-bond acceptors (Lipinski definition) is 6. The van der Waals surface area contributed by atoms with E-state index in [1.54, 1.807) is 36.4 Å². The third-order valence-corrected chi connectivity index (χ3v) is 2.75. The van der Waals surface area contributed by atoms with Crippen LogP contribution in [0.25, 0.3) is 5.65 Å². The van der Waals surface area contributed by atoms with Gasteiger partial charge >= 0.3 is 11.7 Å². The Morgan fingerprint density at radius 2 is 1.95 bits per heavy atom. The second kappa shape index (κ2) is 5.08. The van der Waals surface area contributed by atoms with Crippen molar-refractivity contribution >= 4 is 11.6 Å². The summed E-state index contributed by atoms with van der Waals surface area (Å²) in [6.45, 7) is 0. The number of rotatable bonds is 3. The molecule has 3 rings (SSSR count). The molecule has 0 saturated carbocycles. The van der Waals surface area contributed by atoms with Crippen molar-refractivity contribution in [3.05, 3.63) is 52.4 Å². The number of carbonyl (C=O) groups excluding carboxylic acids is 1. The number of nitrogens with zero attached hydrogens (tertiary/aromatic N) is 3. The summed E-state index contributed by atoms with van der Waals surface area (Å²) in [5.74, 6) is 0.286. The van der Waals surface area contributed by atoms with Crippen molar-refractivity contribution in [2.45, 2.75) is 0 Å². The first kappa shape index (κ1) is 12.9. The van der Waals surface area contributed by atoms with Crippen LogP contribution in [0, 0.1) is 0 Å². The predicted molar refractivity (Wildman–Crippen MR) is 71.5 cm³/mol. The molecular formula is C13H10N4O4. The van der Waals surface area contributed by atoms with E-state index in [1.165, 1.54) is 7.11 Å². The van der Waals surface area contributed by atoms with E-state index in [0.29, 0.717) is 17.0 Å². The highest BCUT2D eigenvalue weighted by molar-refractivity contribution is 5.89. The van der Waals surface area contributed by atoms with E-state index in [9.17, 15) is 9.59 Å². The molecule has 0 unspecified atom stereocenters. The molecule has 106 valence electrons. The molecule has 0 bridgehead atoms. The van der Waals surface area contributed by atoms with E-state index in [1.807, 2.05) is 0 Å². The Balaban J connectivity index is 1.86. The van der Waals surface area contributed by atoms with Gasteiger partial charge in [-0.2, -0.15) is 9.61 Å². The lowest BCUT2D eigenvalue weighted by molar-refractivity contribution is 0.0600. The van der Waals surface area contributed by atoms with Gasteiger partial charge in [-0.25, -0.2) is 14.7 Å². The zero-order valence-corrected chi connectivity index (χ0v) is 10.9. The molecule has 0 amide bonds. The van der Waals surface area contributed by atoms with Crippen molar-refractivity contribution in [3.8, 4) is 11.6 Å². The number of aromatic amines is 1. The van der Waals surface area contributed by atoms with Crippen molar-refractivity contribution in [2.75, 3.05) is 7.11 Å². The Morgan fingerprint density at radius 3 is 2.67 bits per heavy atom. The van der Waals surface area contributed by atoms with Gasteiger partial charge in [0.15, 0.2) is 5.65 Å². The van der Waals surface area contributed by atoms with E-state index in [0.717, 1.165) is 4.52 Å². The minimum absolute atomic E-state index is 0.233. The van der Waals surface area contributed by atoms with E-state index < -0.39 is 11.7 Å². The van der Waals surface area contributed by atoms with E-state index in [4.69, 9.17) is 4.74 Å². The molecule has 0 aliphatic heterocycles. The van der Waals surface area contributed by atoms with Gasteiger partial charge in [0, 0.05) is 6.07 Å². The Kier molecular flexibility index (Phi) is 3.11. The van der Waals surface area contributed by atoms with Crippen molar-refractivity contribution in [2.24, 2.45) is 0 Å². The van der Waals surface area contributed by atoms with Crippen LogP contribution in [0.3, 0.4) is 0 Å². The molecule has 21 heavy (non-hydrogen) atoms. The number of esters is 1. The molecule has 0 radical (unpaired) electrons. The van der Waals surface area contributed by atoms with Crippen LogP contribution < -0.4 is 10.4 Å². The number of hydrogen-bond donors (Lipinski definition) is 1. The average molecular weight is 286 g/mol. The molecule has 8 nitrogen and oxygen atoms in total. The molecule has 8 heteroatoms. The molecule has 0 fully saturated rings. The van der Waals surface area contributed by atoms with Crippen molar-refractivity contribution in [1.82, 2.24) is 19.8 Å². The number of benzene rings is 1. The Labute approximate surface area is 117 Å². The van der Waals surface area contributed by atoms with Crippen molar-refractivity contribution in [3.63, 3.8) is 0 Å². The molecule has 0 aliphatic rings. The first-order valence-corrected chi connectivity index (χ1v) is 5.98. The summed E-state index contributed by atoms with van der Waals surface area (Å²) >= 11 is 0. The second-order valence-corrected chi connectivity index (χ2v) is 4.09. The summed E-state index contributed by atoms with van der Waals surface area (Å²) in [4.78, 5) is 22.7. The van der Waals surface area contributed by atoms with Gasteiger partial charge in [-0.3, -0.25) is 0 Å². The van der Waals surface area contributed by atoms with Crippen molar-refractivity contribution in [1.29, 1.82) is 0 Å². The van der Waals surface area contributed by atoms with Crippen LogP contribution in [-0.4, -0.2) is 32.9 Å². The fourth-order valence-electron chi connectivity index (χ4n) is 1.74. The summed E-state index contributed by atoms with van der Waals surface area (Å²) < 4.78 is 11.2. The normalized spacial score (nSPS) is 10.5. The summed E-state index contributed by atoms with van der Waals surface area (Å²) in [6.07, 6.45) is 0. The van der Waals surface area contributed by atoms with Crippen LogP contribution in [0.4, 0.5) is 0 Å². The average Bonchev–Trinajstić information content (AvgIpc) is 2.88. The van der Waals surface area contributed by atoms with E-state index >= 15 is 0 Å². The molecule has 0 aliphatic carbocycles. The van der Waals surface area contributed by atoms with Gasteiger partial charge < -0.3 is 9.47 Å².